The molecule has 2 aromatic rings. The predicted octanol–water partition coefficient (Wildman–Crippen LogP) is 9.03. The van der Waals surface area contributed by atoms with Gasteiger partial charge in [0.2, 0.25) is 0 Å². The number of rotatable bonds is 5. The molecule has 0 bridgehead atoms. The summed E-state index contributed by atoms with van der Waals surface area (Å²) in [5.41, 5.74) is 10.9. The molecule has 1 unspecified atom stereocenters. The Hall–Kier alpha value is -1.46. The van der Waals surface area contributed by atoms with E-state index in [1.54, 1.807) is 11.1 Å². The fraction of sp³-hybridized carbons (Fsp3) is 0.438. The summed E-state index contributed by atoms with van der Waals surface area (Å²) in [5.74, 6) is 1.04. The van der Waals surface area contributed by atoms with Crippen molar-refractivity contribution in [1.82, 2.24) is 0 Å². The molecule has 4 rings (SSSR count). The van der Waals surface area contributed by atoms with Gasteiger partial charge in [-0.25, -0.2) is 0 Å². The van der Waals surface area contributed by atoms with E-state index in [4.69, 9.17) is 0 Å². The van der Waals surface area contributed by atoms with Gasteiger partial charge in [0.05, 0.1) is 0 Å². The summed E-state index contributed by atoms with van der Waals surface area (Å²) in [5, 5.41) is 0. The minimum absolute atomic E-state index is 0. The van der Waals surface area contributed by atoms with Crippen LogP contribution in [-0.4, -0.2) is 0 Å². The summed E-state index contributed by atoms with van der Waals surface area (Å²) < 4.78 is 0. The van der Waals surface area contributed by atoms with Crippen LogP contribution in [0.4, 0.5) is 0 Å². The van der Waals surface area contributed by atoms with Crippen LogP contribution >= 0.6 is 0 Å². The van der Waals surface area contributed by atoms with Crippen molar-refractivity contribution in [2.75, 3.05) is 0 Å². The molecule has 2 aliphatic carbocycles. The third kappa shape index (κ3) is 5.62. The number of allylic oxidation sites excluding steroid dienone is 6. The van der Waals surface area contributed by atoms with Crippen molar-refractivity contribution in [3.8, 4) is 11.1 Å². The predicted molar refractivity (Wildman–Crippen MR) is 141 cm³/mol. The van der Waals surface area contributed by atoms with Gasteiger partial charge in [0.15, 0.2) is 0 Å². The van der Waals surface area contributed by atoms with Crippen LogP contribution in [-0.2, 0) is 43.5 Å². The van der Waals surface area contributed by atoms with Crippen molar-refractivity contribution in [3.63, 3.8) is 0 Å². The Balaban J connectivity index is 0.00000306. The Morgan fingerprint density at radius 3 is 2.21 bits per heavy atom. The molecule has 0 nitrogen and oxygen atoms in total. The fourth-order valence-electron chi connectivity index (χ4n) is 5.31. The Bertz CT molecular complexity index is 1070. The first-order valence-corrected chi connectivity index (χ1v) is 12.4. The largest absolute Gasteiger partial charge is 0.0876 e. The minimum Gasteiger partial charge on any atom is -0.0876 e. The number of hydrogen-bond donors (Lipinski definition) is 0. The summed E-state index contributed by atoms with van der Waals surface area (Å²) in [6, 6.07) is 12.0. The number of hydrogen-bond acceptors (Lipinski definition) is 0. The first kappa shape index (κ1) is 26.2. The first-order valence-electron chi connectivity index (χ1n) is 12.4. The minimum atomic E-state index is 0. The molecule has 172 valence electrons. The molecule has 0 heterocycles. The van der Waals surface area contributed by atoms with Gasteiger partial charge in [-0.15, -0.1) is 0 Å². The van der Waals surface area contributed by atoms with Crippen LogP contribution in [0, 0.1) is 5.92 Å². The molecule has 33 heavy (non-hydrogen) atoms. The van der Waals surface area contributed by atoms with Crippen LogP contribution in [0.3, 0.4) is 0 Å². The topological polar surface area (TPSA) is 0 Å². The van der Waals surface area contributed by atoms with E-state index in [2.05, 4.69) is 115 Å². The Labute approximate surface area is 221 Å². The van der Waals surface area contributed by atoms with Crippen molar-refractivity contribution in [2.45, 2.75) is 84.5 Å². The van der Waals surface area contributed by atoms with Gasteiger partial charge in [-0.05, 0) is 75.0 Å². The van der Waals surface area contributed by atoms with Gasteiger partial charge in [0, 0.05) is 32.1 Å². The van der Waals surface area contributed by atoms with E-state index in [1.165, 1.54) is 34.2 Å². The molecule has 0 radical (unpaired) electrons. The standard InChI is InChI=1S/C32H40.Zr/c1-22(12-8-9-13-23-14-10-11-15-23)30-28-21-24-20-25(31(2,3)4)16-17-26(24)27(28)18-19-29(30)32(5,6)7;/h9-11,13-20,22-23H,8,12,21H2,1-7H3;. The molecule has 1 atom stereocenters. The number of fused-ring (bicyclic) bond motifs is 3. The van der Waals surface area contributed by atoms with Crippen LogP contribution < -0.4 is 0 Å². The second kappa shape index (κ2) is 10.0. The van der Waals surface area contributed by atoms with E-state index >= 15 is 0 Å². The van der Waals surface area contributed by atoms with E-state index in [0.717, 1.165) is 12.8 Å². The summed E-state index contributed by atoms with van der Waals surface area (Å²) >= 11 is 0. The van der Waals surface area contributed by atoms with Crippen LogP contribution in [0.15, 0.2) is 66.8 Å². The van der Waals surface area contributed by atoms with Gasteiger partial charge in [0.25, 0.3) is 0 Å². The summed E-state index contributed by atoms with van der Waals surface area (Å²) in [6.07, 6.45) is 16.9. The maximum Gasteiger partial charge on any atom is 0.0133 e. The average Bonchev–Trinajstić information content (AvgIpc) is 3.35. The maximum atomic E-state index is 2.46. The fourth-order valence-corrected chi connectivity index (χ4v) is 5.31. The van der Waals surface area contributed by atoms with Gasteiger partial charge >= 0.3 is 0 Å². The SMILES string of the molecule is CC(CCC=CC1C=CC=C1)c1c(C(C)(C)C)ccc2c1Cc1cc(C(C)(C)C)ccc1-2.[Zr]. The van der Waals surface area contributed by atoms with E-state index in [-0.39, 0.29) is 37.0 Å². The second-order valence-electron chi connectivity index (χ2n) is 11.9. The van der Waals surface area contributed by atoms with E-state index in [0.29, 0.717) is 11.8 Å². The molecule has 1 heteroatoms. The first-order chi connectivity index (χ1) is 15.1. The summed E-state index contributed by atoms with van der Waals surface area (Å²) in [7, 11) is 0. The molecule has 2 aliphatic rings. The molecule has 0 saturated carbocycles. The molecule has 0 aromatic heterocycles. The second-order valence-corrected chi connectivity index (χ2v) is 11.9. The average molecular weight is 516 g/mol. The zero-order chi connectivity index (χ0) is 23.1. The van der Waals surface area contributed by atoms with Gasteiger partial charge in [-0.1, -0.05) is 115 Å². The van der Waals surface area contributed by atoms with Crippen LogP contribution in [0.25, 0.3) is 11.1 Å². The molecular formula is C32H40Zr. The zero-order valence-corrected chi connectivity index (χ0v) is 24.1. The van der Waals surface area contributed by atoms with Crippen molar-refractivity contribution in [1.29, 1.82) is 0 Å². The molecule has 0 aliphatic heterocycles. The van der Waals surface area contributed by atoms with Gasteiger partial charge in [0.1, 0.15) is 0 Å². The smallest absolute Gasteiger partial charge is 0.0133 e. The normalized spacial score (nSPS) is 16.2. The van der Waals surface area contributed by atoms with Crippen molar-refractivity contribution in [3.05, 3.63) is 94.6 Å². The van der Waals surface area contributed by atoms with Crippen LogP contribution in [0.2, 0.25) is 0 Å². The van der Waals surface area contributed by atoms with Crippen molar-refractivity contribution in [2.24, 2.45) is 5.92 Å². The Morgan fingerprint density at radius 1 is 0.909 bits per heavy atom. The van der Waals surface area contributed by atoms with Crippen LogP contribution in [0.1, 0.15) is 95.0 Å². The molecule has 0 spiro atoms. The van der Waals surface area contributed by atoms with Crippen molar-refractivity contribution < 1.29 is 26.2 Å². The summed E-state index contributed by atoms with van der Waals surface area (Å²) in [6.45, 7) is 16.5. The quantitative estimate of drug-likeness (QED) is 0.297. The maximum absolute atomic E-state index is 2.46. The van der Waals surface area contributed by atoms with E-state index in [9.17, 15) is 0 Å². The molecule has 0 fully saturated rings. The summed E-state index contributed by atoms with van der Waals surface area (Å²) in [4.78, 5) is 0. The van der Waals surface area contributed by atoms with E-state index < -0.39 is 0 Å². The molecule has 0 amide bonds. The van der Waals surface area contributed by atoms with Crippen LogP contribution in [0.5, 0.6) is 0 Å². The molecule has 2 aromatic carbocycles. The Kier molecular flexibility index (Phi) is 7.95. The van der Waals surface area contributed by atoms with E-state index in [1.807, 2.05) is 0 Å². The number of benzene rings is 2. The molecule has 0 saturated heterocycles. The molecular weight excluding hydrogens is 476 g/mol. The van der Waals surface area contributed by atoms with Gasteiger partial charge in [-0.3, -0.25) is 0 Å². The van der Waals surface area contributed by atoms with Gasteiger partial charge in [-0.2, -0.15) is 0 Å². The third-order valence-electron chi connectivity index (χ3n) is 7.19. The molecule has 0 N–H and O–H groups in total. The monoisotopic (exact) mass is 514 g/mol. The van der Waals surface area contributed by atoms with Gasteiger partial charge < -0.3 is 0 Å². The zero-order valence-electron chi connectivity index (χ0n) is 21.6. The third-order valence-corrected chi connectivity index (χ3v) is 7.19. The van der Waals surface area contributed by atoms with Crippen molar-refractivity contribution >= 4 is 0 Å². The Morgan fingerprint density at radius 2 is 1.58 bits per heavy atom.